The van der Waals surface area contributed by atoms with E-state index in [1.807, 2.05) is 13.8 Å². The summed E-state index contributed by atoms with van der Waals surface area (Å²) < 4.78 is 16.7. The lowest BCUT2D eigenvalue weighted by Gasteiger charge is -2.32. The third-order valence-corrected chi connectivity index (χ3v) is 4.28. The largest absolute Gasteiger partial charge is 0.384 e. The number of nitrogens with two attached hydrogens (primary N) is 1. The molecular formula is C17H22N4O4. The molecule has 0 aromatic carbocycles. The second-order valence-electron chi connectivity index (χ2n) is 6.07. The van der Waals surface area contributed by atoms with Crippen molar-refractivity contribution in [2.45, 2.75) is 39.0 Å². The van der Waals surface area contributed by atoms with Crippen LogP contribution in [-0.2, 0) is 16.1 Å². The summed E-state index contributed by atoms with van der Waals surface area (Å²) in [5.74, 6) is 0.894. The minimum Gasteiger partial charge on any atom is -0.384 e. The van der Waals surface area contributed by atoms with Crippen molar-refractivity contribution in [3.63, 3.8) is 0 Å². The number of aromatic nitrogens is 2. The van der Waals surface area contributed by atoms with E-state index in [0.717, 1.165) is 17.0 Å². The molecule has 2 aromatic rings. The first-order valence-electron chi connectivity index (χ1n) is 8.18. The van der Waals surface area contributed by atoms with Gasteiger partial charge in [0.25, 0.3) is 5.91 Å². The molecule has 134 valence electrons. The standard InChI is InChI=1S/C17H22N4O4/c1-10-13(11(2)25-21-10)8-24-15-5-6-23-9-14(15)20-17(22)12-3-4-16(18)19-7-12/h3-4,7,14-15H,5-6,8-9H2,1-2H3,(H2,18,19)(H,20,22)/t14-,15+/m0/s1. The van der Waals surface area contributed by atoms with Crippen LogP contribution in [0.3, 0.4) is 0 Å². The highest BCUT2D eigenvalue weighted by Crippen LogP contribution is 2.18. The van der Waals surface area contributed by atoms with Crippen LogP contribution in [0.2, 0.25) is 0 Å². The van der Waals surface area contributed by atoms with E-state index in [1.54, 1.807) is 12.1 Å². The topological polar surface area (TPSA) is 112 Å². The van der Waals surface area contributed by atoms with Crippen molar-refractivity contribution >= 4 is 11.7 Å². The number of aryl methyl sites for hydroxylation is 2. The molecule has 1 aliphatic rings. The molecule has 3 heterocycles. The summed E-state index contributed by atoms with van der Waals surface area (Å²) in [5.41, 5.74) is 7.76. The Bertz CT molecular complexity index is 709. The quantitative estimate of drug-likeness (QED) is 0.841. The van der Waals surface area contributed by atoms with E-state index >= 15 is 0 Å². The summed E-state index contributed by atoms with van der Waals surface area (Å²) in [6.45, 7) is 5.13. The van der Waals surface area contributed by atoms with Crippen LogP contribution >= 0.6 is 0 Å². The maximum Gasteiger partial charge on any atom is 0.253 e. The molecule has 0 bridgehead atoms. The molecule has 3 rings (SSSR count). The number of hydrogen-bond acceptors (Lipinski definition) is 7. The second-order valence-corrected chi connectivity index (χ2v) is 6.07. The highest BCUT2D eigenvalue weighted by molar-refractivity contribution is 5.94. The zero-order valence-electron chi connectivity index (χ0n) is 14.3. The van der Waals surface area contributed by atoms with Crippen molar-refractivity contribution in [2.24, 2.45) is 0 Å². The molecule has 2 aromatic heterocycles. The van der Waals surface area contributed by atoms with Gasteiger partial charge in [0.1, 0.15) is 11.6 Å². The first-order valence-corrected chi connectivity index (χ1v) is 8.18. The Morgan fingerprint density at radius 1 is 1.44 bits per heavy atom. The van der Waals surface area contributed by atoms with Gasteiger partial charge in [-0.15, -0.1) is 0 Å². The normalized spacial score (nSPS) is 20.4. The fourth-order valence-corrected chi connectivity index (χ4v) is 2.74. The van der Waals surface area contributed by atoms with Crippen molar-refractivity contribution in [3.8, 4) is 0 Å². The molecule has 0 unspecified atom stereocenters. The number of nitrogen functional groups attached to an aromatic ring is 1. The van der Waals surface area contributed by atoms with E-state index in [-0.39, 0.29) is 18.1 Å². The third kappa shape index (κ3) is 4.15. The molecule has 8 heteroatoms. The number of carbonyl (C=O) groups excluding carboxylic acids is 1. The highest BCUT2D eigenvalue weighted by Gasteiger charge is 2.29. The first kappa shape index (κ1) is 17.4. The predicted molar refractivity (Wildman–Crippen MR) is 89.9 cm³/mol. The summed E-state index contributed by atoms with van der Waals surface area (Å²) in [4.78, 5) is 16.3. The Balaban J connectivity index is 1.62. The molecule has 0 spiro atoms. The van der Waals surface area contributed by atoms with E-state index in [2.05, 4.69) is 15.5 Å². The van der Waals surface area contributed by atoms with Gasteiger partial charge >= 0.3 is 0 Å². The zero-order valence-corrected chi connectivity index (χ0v) is 14.3. The Morgan fingerprint density at radius 2 is 2.28 bits per heavy atom. The van der Waals surface area contributed by atoms with Gasteiger partial charge in [0.05, 0.1) is 36.6 Å². The lowest BCUT2D eigenvalue weighted by atomic mass is 10.1. The SMILES string of the molecule is Cc1noc(C)c1CO[C@@H]1CCOC[C@@H]1NC(=O)c1ccc(N)nc1. The van der Waals surface area contributed by atoms with Crippen molar-refractivity contribution in [1.29, 1.82) is 0 Å². The molecule has 1 aliphatic heterocycles. The number of hydrogen-bond donors (Lipinski definition) is 2. The lowest BCUT2D eigenvalue weighted by Crippen LogP contribution is -2.50. The van der Waals surface area contributed by atoms with Crippen LogP contribution in [0.15, 0.2) is 22.9 Å². The molecule has 8 nitrogen and oxygen atoms in total. The maximum absolute atomic E-state index is 12.4. The number of nitrogens with one attached hydrogen (secondary N) is 1. The number of amides is 1. The Kier molecular flexibility index (Phi) is 5.30. The molecule has 0 radical (unpaired) electrons. The van der Waals surface area contributed by atoms with E-state index in [1.165, 1.54) is 6.20 Å². The Hall–Kier alpha value is -2.45. The van der Waals surface area contributed by atoms with Gasteiger partial charge in [-0.2, -0.15) is 0 Å². The van der Waals surface area contributed by atoms with Gasteiger partial charge in [-0.05, 0) is 32.4 Å². The van der Waals surface area contributed by atoms with Crippen molar-refractivity contribution in [1.82, 2.24) is 15.5 Å². The number of carbonyl (C=O) groups is 1. The molecule has 1 amide bonds. The van der Waals surface area contributed by atoms with Crippen molar-refractivity contribution in [2.75, 3.05) is 18.9 Å². The number of rotatable bonds is 5. The molecule has 2 atom stereocenters. The monoisotopic (exact) mass is 346 g/mol. The second kappa shape index (κ2) is 7.62. The molecule has 0 aliphatic carbocycles. The van der Waals surface area contributed by atoms with Crippen LogP contribution in [0.25, 0.3) is 0 Å². The fraction of sp³-hybridized carbons (Fsp3) is 0.471. The van der Waals surface area contributed by atoms with Crippen LogP contribution in [0, 0.1) is 13.8 Å². The van der Waals surface area contributed by atoms with E-state index in [9.17, 15) is 4.79 Å². The number of pyridine rings is 1. The average Bonchev–Trinajstić information content (AvgIpc) is 2.93. The molecule has 25 heavy (non-hydrogen) atoms. The predicted octanol–water partition coefficient (Wildman–Crippen LogP) is 1.37. The fourth-order valence-electron chi connectivity index (χ4n) is 2.74. The van der Waals surface area contributed by atoms with Crippen molar-refractivity contribution < 1.29 is 18.8 Å². The lowest BCUT2D eigenvalue weighted by molar-refractivity contribution is -0.0608. The number of nitrogens with zero attached hydrogens (tertiary/aromatic N) is 2. The van der Waals surface area contributed by atoms with E-state index in [4.69, 9.17) is 19.7 Å². The number of ether oxygens (including phenoxy) is 2. The van der Waals surface area contributed by atoms with Crippen LogP contribution < -0.4 is 11.1 Å². The molecule has 1 fully saturated rings. The van der Waals surface area contributed by atoms with Crippen LogP contribution in [0.4, 0.5) is 5.82 Å². The summed E-state index contributed by atoms with van der Waals surface area (Å²) in [6, 6.07) is 3.00. The number of anilines is 1. The summed E-state index contributed by atoms with van der Waals surface area (Å²) in [6.07, 6.45) is 2.01. The van der Waals surface area contributed by atoms with Gasteiger partial charge in [-0.25, -0.2) is 4.98 Å². The van der Waals surface area contributed by atoms with Crippen molar-refractivity contribution in [3.05, 3.63) is 40.9 Å². The third-order valence-electron chi connectivity index (χ3n) is 4.28. The Morgan fingerprint density at radius 3 is 2.96 bits per heavy atom. The highest BCUT2D eigenvalue weighted by atomic mass is 16.5. The van der Waals surface area contributed by atoms with Crippen LogP contribution in [0.1, 0.15) is 33.8 Å². The van der Waals surface area contributed by atoms with Crippen LogP contribution in [0.5, 0.6) is 0 Å². The van der Waals surface area contributed by atoms with Gasteiger partial charge in [-0.1, -0.05) is 5.16 Å². The minimum absolute atomic E-state index is 0.145. The minimum atomic E-state index is -0.237. The van der Waals surface area contributed by atoms with E-state index < -0.39 is 0 Å². The molecular weight excluding hydrogens is 324 g/mol. The average molecular weight is 346 g/mol. The summed E-state index contributed by atoms with van der Waals surface area (Å²) in [7, 11) is 0. The van der Waals surface area contributed by atoms with Crippen LogP contribution in [-0.4, -0.2) is 41.4 Å². The van der Waals surface area contributed by atoms with Gasteiger partial charge in [0.15, 0.2) is 0 Å². The van der Waals surface area contributed by atoms with Gasteiger partial charge < -0.3 is 25.0 Å². The first-order chi connectivity index (χ1) is 12.0. The Labute approximate surface area is 145 Å². The van der Waals surface area contributed by atoms with Gasteiger partial charge in [0.2, 0.25) is 0 Å². The molecule has 0 saturated carbocycles. The van der Waals surface area contributed by atoms with E-state index in [0.29, 0.717) is 37.6 Å². The molecule has 3 N–H and O–H groups in total. The van der Waals surface area contributed by atoms with Gasteiger partial charge in [0, 0.05) is 18.4 Å². The smallest absolute Gasteiger partial charge is 0.253 e. The summed E-state index contributed by atoms with van der Waals surface area (Å²) >= 11 is 0. The zero-order chi connectivity index (χ0) is 17.8. The van der Waals surface area contributed by atoms with Gasteiger partial charge in [-0.3, -0.25) is 4.79 Å². The maximum atomic E-state index is 12.4. The molecule has 1 saturated heterocycles. The summed E-state index contributed by atoms with van der Waals surface area (Å²) in [5, 5.41) is 6.88.